The average Bonchev–Trinajstić information content (AvgIpc) is 3.22. The lowest BCUT2D eigenvalue weighted by Crippen LogP contribution is -2.19. The van der Waals surface area contributed by atoms with E-state index in [-0.39, 0.29) is 5.69 Å². The number of nitrogens with one attached hydrogen (secondary N) is 2. The maximum absolute atomic E-state index is 13.7. The predicted octanol–water partition coefficient (Wildman–Crippen LogP) is 4.39. The minimum atomic E-state index is -3.58. The number of halogens is 2. The number of nitrogens with zero attached hydrogens (tertiary/aromatic N) is 4. The van der Waals surface area contributed by atoms with Gasteiger partial charge in [-0.1, -0.05) is 11.2 Å². The van der Waals surface area contributed by atoms with E-state index in [4.69, 9.17) is 9.63 Å². The first-order chi connectivity index (χ1) is 17.7. The lowest BCUT2D eigenvalue weighted by molar-refractivity contribution is -0.141. The van der Waals surface area contributed by atoms with Crippen LogP contribution in [0.2, 0.25) is 0 Å². The Labute approximate surface area is 212 Å². The molecule has 37 heavy (non-hydrogen) atoms. The summed E-state index contributed by atoms with van der Waals surface area (Å²) < 4.78 is 32.9. The molecule has 190 valence electrons. The highest BCUT2D eigenvalue weighted by atomic mass is 32.1. The van der Waals surface area contributed by atoms with Gasteiger partial charge in [-0.25, -0.2) is 23.7 Å². The van der Waals surface area contributed by atoms with Crippen LogP contribution in [0.25, 0.3) is 22.0 Å². The summed E-state index contributed by atoms with van der Waals surface area (Å²) in [5.41, 5.74) is 3.08. The average molecular weight is 527 g/mol. The van der Waals surface area contributed by atoms with E-state index >= 15 is 0 Å². The SMILES string of the molecule is Cc1nc(-c2onc(C)c2CNc2nccc(-c3cccs3)n2)ccc1NC(=O)C1C(C(=O)O)C1(F)F. The van der Waals surface area contributed by atoms with E-state index in [0.717, 1.165) is 16.1 Å². The van der Waals surface area contributed by atoms with Gasteiger partial charge >= 0.3 is 5.97 Å². The standard InChI is InChI=1S/C24H20F2N6O4S/c1-11-13(10-28-23-27-8-7-15(31-23)17-4-3-9-37-17)20(36-32-11)16-6-5-14(12(2)29-16)30-21(33)18-19(22(34)35)24(18,25)26/h3-9,18-19H,10H2,1-2H3,(H,30,33)(H,34,35)(H,27,28,31). The number of amides is 1. The van der Waals surface area contributed by atoms with Crippen molar-refractivity contribution in [3.8, 4) is 22.0 Å². The highest BCUT2D eigenvalue weighted by Crippen LogP contribution is 2.55. The Morgan fingerprint density at radius 1 is 1.11 bits per heavy atom. The number of carboxylic acids is 1. The molecule has 0 aliphatic heterocycles. The zero-order chi connectivity index (χ0) is 26.3. The van der Waals surface area contributed by atoms with E-state index in [9.17, 15) is 18.4 Å². The number of aryl methyl sites for hydroxylation is 2. The number of carboxylic acid groups (broad SMARTS) is 1. The van der Waals surface area contributed by atoms with Gasteiger partial charge in [0.15, 0.2) is 5.76 Å². The van der Waals surface area contributed by atoms with E-state index in [1.807, 2.05) is 23.6 Å². The molecule has 13 heteroatoms. The summed E-state index contributed by atoms with van der Waals surface area (Å²) in [6.07, 6.45) is 1.67. The van der Waals surface area contributed by atoms with Crippen molar-refractivity contribution < 1.29 is 28.0 Å². The van der Waals surface area contributed by atoms with Crippen LogP contribution in [0.15, 0.2) is 46.4 Å². The molecule has 1 saturated carbocycles. The van der Waals surface area contributed by atoms with Gasteiger partial charge in [-0.2, -0.15) is 0 Å². The van der Waals surface area contributed by atoms with Gasteiger partial charge in [0, 0.05) is 18.3 Å². The molecule has 0 bridgehead atoms. The fourth-order valence-corrected chi connectivity index (χ4v) is 4.66. The summed E-state index contributed by atoms with van der Waals surface area (Å²) in [7, 11) is 0. The summed E-state index contributed by atoms with van der Waals surface area (Å²) in [4.78, 5) is 37.5. The van der Waals surface area contributed by atoms with Crippen LogP contribution in [0, 0.1) is 25.7 Å². The second-order valence-electron chi connectivity index (χ2n) is 8.46. The van der Waals surface area contributed by atoms with E-state index in [1.54, 1.807) is 37.4 Å². The van der Waals surface area contributed by atoms with Gasteiger partial charge in [0.2, 0.25) is 11.9 Å². The van der Waals surface area contributed by atoms with Gasteiger partial charge in [0.05, 0.1) is 27.6 Å². The summed E-state index contributed by atoms with van der Waals surface area (Å²) in [6.45, 7) is 3.66. The molecule has 1 aliphatic carbocycles. The Kier molecular flexibility index (Phi) is 6.15. The van der Waals surface area contributed by atoms with Crippen LogP contribution in [0.3, 0.4) is 0 Å². The van der Waals surface area contributed by atoms with Crippen LogP contribution in [0.1, 0.15) is 17.0 Å². The molecule has 2 atom stereocenters. The third-order valence-electron chi connectivity index (χ3n) is 6.02. The number of thiophene rings is 1. The summed E-state index contributed by atoms with van der Waals surface area (Å²) in [5, 5.41) is 20.4. The quantitative estimate of drug-likeness (QED) is 0.305. The second-order valence-corrected chi connectivity index (χ2v) is 9.41. The third kappa shape index (κ3) is 4.65. The topological polar surface area (TPSA) is 143 Å². The van der Waals surface area contributed by atoms with Crippen molar-refractivity contribution in [3.63, 3.8) is 0 Å². The van der Waals surface area contributed by atoms with Gasteiger partial charge in [-0.05, 0) is 43.5 Å². The Balaban J connectivity index is 1.31. The van der Waals surface area contributed by atoms with E-state index in [2.05, 4.69) is 30.7 Å². The number of anilines is 2. The lowest BCUT2D eigenvalue weighted by Gasteiger charge is -2.10. The van der Waals surface area contributed by atoms with Crippen molar-refractivity contribution in [3.05, 3.63) is 58.9 Å². The third-order valence-corrected chi connectivity index (χ3v) is 6.91. The molecule has 1 amide bonds. The monoisotopic (exact) mass is 526 g/mol. The fraction of sp³-hybridized carbons (Fsp3) is 0.250. The van der Waals surface area contributed by atoms with Crippen LogP contribution >= 0.6 is 11.3 Å². The Hall–Kier alpha value is -4.26. The van der Waals surface area contributed by atoms with Gasteiger partial charge in [-0.3, -0.25) is 9.59 Å². The molecule has 1 aliphatic rings. The molecule has 5 rings (SSSR count). The van der Waals surface area contributed by atoms with E-state index in [1.165, 1.54) is 6.07 Å². The van der Waals surface area contributed by atoms with Crippen LogP contribution in [0.5, 0.6) is 0 Å². The maximum Gasteiger partial charge on any atom is 0.313 e. The lowest BCUT2D eigenvalue weighted by atomic mass is 10.1. The van der Waals surface area contributed by atoms with E-state index < -0.39 is 29.6 Å². The van der Waals surface area contributed by atoms with Crippen molar-refractivity contribution in [1.29, 1.82) is 0 Å². The minimum absolute atomic E-state index is 0.190. The largest absolute Gasteiger partial charge is 0.481 e. The fourth-order valence-electron chi connectivity index (χ4n) is 3.96. The minimum Gasteiger partial charge on any atom is -0.481 e. The van der Waals surface area contributed by atoms with Crippen molar-refractivity contribution in [2.45, 2.75) is 26.3 Å². The number of alkyl halides is 2. The molecule has 0 saturated heterocycles. The molecular weight excluding hydrogens is 506 g/mol. The number of carbonyl (C=O) groups is 2. The van der Waals surface area contributed by atoms with Crippen LogP contribution in [-0.4, -0.2) is 43.0 Å². The predicted molar refractivity (Wildman–Crippen MR) is 130 cm³/mol. The normalized spacial score (nSPS) is 17.8. The smallest absolute Gasteiger partial charge is 0.313 e. The Morgan fingerprint density at radius 2 is 1.92 bits per heavy atom. The zero-order valence-electron chi connectivity index (χ0n) is 19.5. The first-order valence-electron chi connectivity index (χ1n) is 11.1. The summed E-state index contributed by atoms with van der Waals surface area (Å²) in [5.74, 6) is -9.48. The van der Waals surface area contributed by atoms with Gasteiger partial charge in [0.25, 0.3) is 5.92 Å². The van der Waals surface area contributed by atoms with Crippen molar-refractivity contribution >= 4 is 34.8 Å². The number of rotatable bonds is 8. The van der Waals surface area contributed by atoms with Crippen molar-refractivity contribution in [2.75, 3.05) is 10.6 Å². The molecule has 0 aromatic carbocycles. The molecule has 0 radical (unpaired) electrons. The number of carbonyl (C=O) groups excluding carboxylic acids is 1. The van der Waals surface area contributed by atoms with Gasteiger partial charge in [-0.15, -0.1) is 11.3 Å². The maximum atomic E-state index is 13.7. The number of aromatic nitrogens is 4. The van der Waals surface area contributed by atoms with Crippen LogP contribution in [0.4, 0.5) is 20.4 Å². The Morgan fingerprint density at radius 3 is 2.59 bits per heavy atom. The van der Waals surface area contributed by atoms with Crippen molar-refractivity contribution in [1.82, 2.24) is 20.1 Å². The number of hydrogen-bond acceptors (Lipinski definition) is 9. The molecule has 2 unspecified atom stereocenters. The zero-order valence-corrected chi connectivity index (χ0v) is 20.3. The molecule has 1 fully saturated rings. The number of aliphatic carboxylic acids is 1. The molecule has 4 heterocycles. The van der Waals surface area contributed by atoms with Crippen LogP contribution in [-0.2, 0) is 16.1 Å². The number of pyridine rings is 1. The first-order valence-corrected chi connectivity index (χ1v) is 12.0. The molecular formula is C24H20F2N6O4S. The molecule has 4 aromatic heterocycles. The van der Waals surface area contributed by atoms with Crippen molar-refractivity contribution in [2.24, 2.45) is 11.8 Å². The molecule has 0 spiro atoms. The van der Waals surface area contributed by atoms with Gasteiger partial charge < -0.3 is 20.3 Å². The molecule has 3 N–H and O–H groups in total. The summed E-state index contributed by atoms with van der Waals surface area (Å²) >= 11 is 1.57. The van der Waals surface area contributed by atoms with E-state index in [0.29, 0.717) is 35.3 Å². The first kappa shape index (κ1) is 24.4. The highest BCUT2D eigenvalue weighted by molar-refractivity contribution is 7.13. The van der Waals surface area contributed by atoms with Gasteiger partial charge in [0.1, 0.15) is 17.5 Å². The Bertz CT molecular complexity index is 1490. The second kappa shape index (κ2) is 9.32. The highest BCUT2D eigenvalue weighted by Gasteiger charge is 2.76. The number of hydrogen-bond donors (Lipinski definition) is 3. The molecule has 4 aromatic rings. The molecule has 10 nitrogen and oxygen atoms in total. The van der Waals surface area contributed by atoms with Crippen LogP contribution < -0.4 is 10.6 Å². The summed E-state index contributed by atoms with van der Waals surface area (Å²) in [6, 6.07) is 8.79.